The van der Waals surface area contributed by atoms with Crippen molar-refractivity contribution in [3.63, 3.8) is 0 Å². The summed E-state index contributed by atoms with van der Waals surface area (Å²) in [7, 11) is 0. The Bertz CT molecular complexity index is 221. The van der Waals surface area contributed by atoms with Gasteiger partial charge in [-0.2, -0.15) is 0 Å². The summed E-state index contributed by atoms with van der Waals surface area (Å²) in [5, 5.41) is 3.89. The molecular formula is C15H30N2. The van der Waals surface area contributed by atoms with Crippen LogP contribution in [0.4, 0.5) is 0 Å². The van der Waals surface area contributed by atoms with E-state index in [1.165, 1.54) is 51.7 Å². The molecule has 1 aliphatic heterocycles. The van der Waals surface area contributed by atoms with Crippen LogP contribution in [0.15, 0.2) is 0 Å². The van der Waals surface area contributed by atoms with Gasteiger partial charge in [0.05, 0.1) is 0 Å². The lowest BCUT2D eigenvalue weighted by atomic mass is 9.90. The van der Waals surface area contributed by atoms with Gasteiger partial charge in [-0.15, -0.1) is 0 Å². The van der Waals surface area contributed by atoms with Crippen molar-refractivity contribution in [3.05, 3.63) is 0 Å². The standard InChI is InChI=1S/C15H30N2/c1-4-17-9-7-14(8-10-17)13(3)16-15-6-5-12(2)11-15/h12-16H,4-11H2,1-3H3. The summed E-state index contributed by atoms with van der Waals surface area (Å²) in [5.41, 5.74) is 0. The Hall–Kier alpha value is -0.0800. The summed E-state index contributed by atoms with van der Waals surface area (Å²) in [5.74, 6) is 1.86. The molecule has 1 aliphatic carbocycles. The van der Waals surface area contributed by atoms with Gasteiger partial charge in [0.1, 0.15) is 0 Å². The van der Waals surface area contributed by atoms with Gasteiger partial charge in [0.15, 0.2) is 0 Å². The van der Waals surface area contributed by atoms with Crippen LogP contribution in [0.3, 0.4) is 0 Å². The molecule has 2 nitrogen and oxygen atoms in total. The van der Waals surface area contributed by atoms with Crippen molar-refractivity contribution in [3.8, 4) is 0 Å². The lowest BCUT2D eigenvalue weighted by Crippen LogP contribution is -2.44. The van der Waals surface area contributed by atoms with Gasteiger partial charge in [-0.05, 0) is 70.5 Å². The van der Waals surface area contributed by atoms with Gasteiger partial charge in [-0.3, -0.25) is 0 Å². The highest BCUT2D eigenvalue weighted by Gasteiger charge is 2.27. The number of nitrogens with one attached hydrogen (secondary N) is 1. The number of rotatable bonds is 4. The van der Waals surface area contributed by atoms with Crippen LogP contribution >= 0.6 is 0 Å². The zero-order valence-corrected chi connectivity index (χ0v) is 11.9. The normalized spacial score (nSPS) is 34.1. The minimum Gasteiger partial charge on any atom is -0.311 e. The largest absolute Gasteiger partial charge is 0.311 e. The van der Waals surface area contributed by atoms with Crippen molar-refractivity contribution in [2.45, 2.75) is 65.0 Å². The van der Waals surface area contributed by atoms with Crippen molar-refractivity contribution in [1.82, 2.24) is 10.2 Å². The first-order chi connectivity index (χ1) is 8.19. The quantitative estimate of drug-likeness (QED) is 0.810. The molecule has 0 aromatic heterocycles. The number of piperidine rings is 1. The smallest absolute Gasteiger partial charge is 0.00722 e. The number of nitrogens with zero attached hydrogens (tertiary/aromatic N) is 1. The average Bonchev–Trinajstić information content (AvgIpc) is 2.75. The molecule has 2 heteroatoms. The Balaban J connectivity index is 1.71. The molecule has 2 aliphatic rings. The Morgan fingerprint density at radius 2 is 1.88 bits per heavy atom. The second-order valence-corrected chi connectivity index (χ2v) is 6.34. The molecule has 1 saturated heterocycles. The topological polar surface area (TPSA) is 15.3 Å². The number of likely N-dealkylation sites (tertiary alicyclic amines) is 1. The lowest BCUT2D eigenvalue weighted by molar-refractivity contribution is 0.164. The summed E-state index contributed by atoms with van der Waals surface area (Å²) in [4.78, 5) is 2.58. The maximum absolute atomic E-state index is 3.89. The van der Waals surface area contributed by atoms with Gasteiger partial charge in [0.25, 0.3) is 0 Å². The average molecular weight is 238 g/mol. The van der Waals surface area contributed by atoms with Crippen molar-refractivity contribution in [2.24, 2.45) is 11.8 Å². The summed E-state index contributed by atoms with van der Waals surface area (Å²) in [6.45, 7) is 10.9. The van der Waals surface area contributed by atoms with E-state index in [2.05, 4.69) is 31.0 Å². The van der Waals surface area contributed by atoms with Crippen LogP contribution in [0.5, 0.6) is 0 Å². The first-order valence-corrected chi connectivity index (χ1v) is 7.67. The molecule has 1 heterocycles. The van der Waals surface area contributed by atoms with Crippen LogP contribution < -0.4 is 5.32 Å². The van der Waals surface area contributed by atoms with Gasteiger partial charge in [0, 0.05) is 12.1 Å². The minimum absolute atomic E-state index is 0.726. The van der Waals surface area contributed by atoms with E-state index in [9.17, 15) is 0 Å². The zero-order chi connectivity index (χ0) is 12.3. The monoisotopic (exact) mass is 238 g/mol. The molecule has 3 atom stereocenters. The molecule has 0 aromatic rings. The van der Waals surface area contributed by atoms with Crippen molar-refractivity contribution >= 4 is 0 Å². The fourth-order valence-corrected chi connectivity index (χ4v) is 3.64. The molecule has 0 aromatic carbocycles. The van der Waals surface area contributed by atoms with E-state index >= 15 is 0 Å². The maximum atomic E-state index is 3.89. The Morgan fingerprint density at radius 3 is 2.41 bits per heavy atom. The third-order valence-electron chi connectivity index (χ3n) is 4.98. The fraction of sp³-hybridized carbons (Fsp3) is 1.00. The molecule has 0 amide bonds. The number of hydrogen-bond acceptors (Lipinski definition) is 2. The Morgan fingerprint density at radius 1 is 1.18 bits per heavy atom. The SMILES string of the molecule is CCN1CCC(C(C)NC2CCC(C)C2)CC1. The third-order valence-corrected chi connectivity index (χ3v) is 4.98. The lowest BCUT2D eigenvalue weighted by Gasteiger charge is -2.35. The Labute approximate surface area is 107 Å². The molecule has 2 rings (SSSR count). The second kappa shape index (κ2) is 6.19. The Kier molecular flexibility index (Phi) is 4.87. The van der Waals surface area contributed by atoms with Gasteiger partial charge < -0.3 is 10.2 Å². The van der Waals surface area contributed by atoms with Crippen molar-refractivity contribution < 1.29 is 0 Å². The molecule has 0 radical (unpaired) electrons. The van der Waals surface area contributed by atoms with E-state index in [1.54, 1.807) is 0 Å². The summed E-state index contributed by atoms with van der Waals surface area (Å²) >= 11 is 0. The summed E-state index contributed by atoms with van der Waals surface area (Å²) in [6.07, 6.45) is 7.02. The van der Waals surface area contributed by atoms with Crippen LogP contribution in [-0.2, 0) is 0 Å². The summed E-state index contributed by atoms with van der Waals surface area (Å²) < 4.78 is 0. The molecule has 1 saturated carbocycles. The highest BCUT2D eigenvalue weighted by Crippen LogP contribution is 2.27. The fourth-order valence-electron chi connectivity index (χ4n) is 3.64. The molecule has 2 fully saturated rings. The van der Waals surface area contributed by atoms with Crippen LogP contribution in [-0.4, -0.2) is 36.6 Å². The highest BCUT2D eigenvalue weighted by atomic mass is 15.1. The molecule has 0 spiro atoms. The molecule has 100 valence electrons. The maximum Gasteiger partial charge on any atom is 0.00722 e. The van der Waals surface area contributed by atoms with Crippen molar-refractivity contribution in [2.75, 3.05) is 19.6 Å². The summed E-state index contributed by atoms with van der Waals surface area (Å²) in [6, 6.07) is 1.54. The molecular weight excluding hydrogens is 208 g/mol. The zero-order valence-electron chi connectivity index (χ0n) is 11.9. The predicted octanol–water partition coefficient (Wildman–Crippen LogP) is 2.89. The van der Waals surface area contributed by atoms with E-state index < -0.39 is 0 Å². The van der Waals surface area contributed by atoms with Gasteiger partial charge in [-0.1, -0.05) is 13.8 Å². The molecule has 17 heavy (non-hydrogen) atoms. The van der Waals surface area contributed by atoms with E-state index in [0.717, 1.165) is 23.9 Å². The van der Waals surface area contributed by atoms with Crippen LogP contribution in [0, 0.1) is 11.8 Å². The molecule has 1 N–H and O–H groups in total. The number of hydrogen-bond donors (Lipinski definition) is 1. The van der Waals surface area contributed by atoms with Gasteiger partial charge in [0.2, 0.25) is 0 Å². The van der Waals surface area contributed by atoms with Crippen LogP contribution in [0.25, 0.3) is 0 Å². The molecule has 0 bridgehead atoms. The predicted molar refractivity (Wildman–Crippen MR) is 74.2 cm³/mol. The van der Waals surface area contributed by atoms with Crippen molar-refractivity contribution in [1.29, 1.82) is 0 Å². The van der Waals surface area contributed by atoms with Gasteiger partial charge in [-0.25, -0.2) is 0 Å². The minimum atomic E-state index is 0.726. The first-order valence-electron chi connectivity index (χ1n) is 7.67. The highest BCUT2D eigenvalue weighted by molar-refractivity contribution is 4.85. The molecule has 3 unspecified atom stereocenters. The van der Waals surface area contributed by atoms with Crippen LogP contribution in [0.1, 0.15) is 52.9 Å². The third kappa shape index (κ3) is 3.69. The van der Waals surface area contributed by atoms with E-state index in [-0.39, 0.29) is 0 Å². The first kappa shape index (κ1) is 13.4. The van der Waals surface area contributed by atoms with E-state index in [4.69, 9.17) is 0 Å². The van der Waals surface area contributed by atoms with Gasteiger partial charge >= 0.3 is 0 Å². The van der Waals surface area contributed by atoms with Crippen LogP contribution in [0.2, 0.25) is 0 Å². The second-order valence-electron chi connectivity index (χ2n) is 6.34. The van der Waals surface area contributed by atoms with E-state index in [0.29, 0.717) is 0 Å². The van der Waals surface area contributed by atoms with E-state index in [1.807, 2.05) is 0 Å².